The number of carbonyl (C=O) groups is 2. The van der Waals surface area contributed by atoms with E-state index in [9.17, 15) is 9.59 Å². The van der Waals surface area contributed by atoms with E-state index in [-0.39, 0.29) is 11.3 Å². The second-order valence-corrected chi connectivity index (χ2v) is 4.62. The molecule has 0 bridgehead atoms. The summed E-state index contributed by atoms with van der Waals surface area (Å²) in [5.41, 5.74) is 0.456. The average Bonchev–Trinajstić information content (AvgIpc) is 2.35. The zero-order chi connectivity index (χ0) is 14.4. The molecular weight excluding hydrogens is 268 g/mol. The highest BCUT2D eigenvalue weighted by Gasteiger charge is 2.19. The number of aryl methyl sites for hydroxylation is 2. The van der Waals surface area contributed by atoms with Gasteiger partial charge in [0.25, 0.3) is 0 Å². The molecule has 19 heavy (non-hydrogen) atoms. The molecule has 0 saturated carbocycles. The maximum atomic E-state index is 11.3. The number of hydrogen-bond acceptors (Lipinski definition) is 6. The van der Waals surface area contributed by atoms with E-state index in [1.54, 1.807) is 13.8 Å². The molecule has 0 spiro atoms. The van der Waals surface area contributed by atoms with Crippen LogP contribution in [0.2, 0.25) is 0 Å². The van der Waals surface area contributed by atoms with Gasteiger partial charge < -0.3 is 9.84 Å². The van der Waals surface area contributed by atoms with E-state index in [2.05, 4.69) is 9.97 Å². The first-order valence-corrected chi connectivity index (χ1v) is 6.87. The molecule has 1 N–H and O–H groups in total. The smallest absolute Gasteiger partial charge is 0.340 e. The van der Waals surface area contributed by atoms with Gasteiger partial charge in [0.1, 0.15) is 16.4 Å². The van der Waals surface area contributed by atoms with Crippen LogP contribution in [-0.2, 0) is 16.0 Å². The molecule has 0 aliphatic carbocycles. The predicted octanol–water partition coefficient (Wildman–Crippen LogP) is 1.70. The normalized spacial score (nSPS) is 10.3. The van der Waals surface area contributed by atoms with E-state index < -0.39 is 11.9 Å². The van der Waals surface area contributed by atoms with Crippen molar-refractivity contribution in [1.82, 2.24) is 9.97 Å². The molecule has 0 aliphatic rings. The van der Waals surface area contributed by atoms with Crippen LogP contribution in [0.4, 0.5) is 0 Å². The fourth-order valence-electron chi connectivity index (χ4n) is 1.44. The lowest BCUT2D eigenvalue weighted by atomic mass is 10.2. The van der Waals surface area contributed by atoms with E-state index in [1.165, 1.54) is 0 Å². The molecule has 0 aliphatic heterocycles. The van der Waals surface area contributed by atoms with Gasteiger partial charge in [-0.3, -0.25) is 4.79 Å². The Morgan fingerprint density at radius 2 is 2.00 bits per heavy atom. The molecule has 1 heterocycles. The Labute approximate surface area is 115 Å². The maximum absolute atomic E-state index is 11.3. The molecule has 0 amide bonds. The van der Waals surface area contributed by atoms with E-state index in [1.807, 2.05) is 6.92 Å². The molecule has 6 nitrogen and oxygen atoms in total. The van der Waals surface area contributed by atoms with Gasteiger partial charge >= 0.3 is 11.9 Å². The number of thioether (sulfide) groups is 1. The molecule has 1 aromatic rings. The summed E-state index contributed by atoms with van der Waals surface area (Å²) in [7, 11) is 0. The zero-order valence-corrected chi connectivity index (χ0v) is 11.9. The molecule has 1 aromatic heterocycles. The number of ether oxygens (including phenoxy) is 1. The van der Waals surface area contributed by atoms with Crippen LogP contribution in [0.1, 0.15) is 35.7 Å². The van der Waals surface area contributed by atoms with Crippen molar-refractivity contribution in [2.45, 2.75) is 32.2 Å². The monoisotopic (exact) mass is 284 g/mol. The van der Waals surface area contributed by atoms with Crippen LogP contribution in [-0.4, -0.2) is 39.4 Å². The van der Waals surface area contributed by atoms with Gasteiger partial charge in [0.05, 0.1) is 18.1 Å². The van der Waals surface area contributed by atoms with Crippen molar-refractivity contribution < 1.29 is 19.4 Å². The van der Waals surface area contributed by atoms with Gasteiger partial charge in [-0.1, -0.05) is 18.7 Å². The number of hydrogen-bond donors (Lipinski definition) is 1. The first kappa shape index (κ1) is 15.4. The Hall–Kier alpha value is -1.63. The largest absolute Gasteiger partial charge is 0.478 e. The fourth-order valence-corrected chi connectivity index (χ4v) is 2.33. The van der Waals surface area contributed by atoms with Crippen LogP contribution in [0.3, 0.4) is 0 Å². The summed E-state index contributed by atoms with van der Waals surface area (Å²) in [5, 5.41) is 9.48. The van der Waals surface area contributed by atoms with Gasteiger partial charge in [-0.05, 0) is 13.8 Å². The lowest BCUT2D eigenvalue weighted by Crippen LogP contribution is -2.12. The third-order valence-electron chi connectivity index (χ3n) is 2.27. The van der Waals surface area contributed by atoms with E-state index in [0.29, 0.717) is 29.6 Å². The highest BCUT2D eigenvalue weighted by molar-refractivity contribution is 8.00. The average molecular weight is 284 g/mol. The van der Waals surface area contributed by atoms with Crippen molar-refractivity contribution in [2.24, 2.45) is 0 Å². The number of rotatable bonds is 6. The van der Waals surface area contributed by atoms with Gasteiger partial charge in [0, 0.05) is 6.42 Å². The fraction of sp³-hybridized carbons (Fsp3) is 0.500. The summed E-state index contributed by atoms with van der Waals surface area (Å²) >= 11 is 1.06. The summed E-state index contributed by atoms with van der Waals surface area (Å²) in [4.78, 5) is 30.8. The third kappa shape index (κ3) is 4.20. The number of aromatic nitrogens is 2. The van der Waals surface area contributed by atoms with Crippen LogP contribution < -0.4 is 0 Å². The molecule has 7 heteroatoms. The highest BCUT2D eigenvalue weighted by Crippen LogP contribution is 2.23. The molecular formula is C12H16N2O4S. The number of esters is 1. The second-order valence-electron chi connectivity index (χ2n) is 3.66. The minimum Gasteiger partial charge on any atom is -0.478 e. The molecule has 0 atom stereocenters. The molecule has 0 radical (unpaired) electrons. The number of carboxylic acid groups (broad SMARTS) is 1. The second kappa shape index (κ2) is 7.08. The number of carboxylic acids is 1. The summed E-state index contributed by atoms with van der Waals surface area (Å²) in [6, 6.07) is 0. The standard InChI is InChI=1S/C12H16N2O4S/c1-4-8-13-7(3)10(12(16)17)11(14-8)19-6-9(15)18-5-2/h4-6H2,1-3H3,(H,16,17). The van der Waals surface area contributed by atoms with Crippen LogP contribution >= 0.6 is 11.8 Å². The first-order chi connectivity index (χ1) is 8.99. The van der Waals surface area contributed by atoms with Crippen molar-refractivity contribution in [3.63, 3.8) is 0 Å². The van der Waals surface area contributed by atoms with Crippen molar-refractivity contribution >= 4 is 23.7 Å². The van der Waals surface area contributed by atoms with E-state index >= 15 is 0 Å². The highest BCUT2D eigenvalue weighted by atomic mass is 32.2. The molecule has 0 aromatic carbocycles. The summed E-state index contributed by atoms with van der Waals surface area (Å²) in [6.45, 7) is 5.52. The molecule has 0 fully saturated rings. The van der Waals surface area contributed by atoms with Crippen LogP contribution in [0.5, 0.6) is 0 Å². The van der Waals surface area contributed by atoms with Gasteiger partial charge in [0.2, 0.25) is 0 Å². The molecule has 0 unspecified atom stereocenters. The molecule has 1 rings (SSSR count). The SMILES string of the molecule is CCOC(=O)CSc1nc(CC)nc(C)c1C(=O)O. The van der Waals surface area contributed by atoms with Gasteiger partial charge in [-0.25, -0.2) is 14.8 Å². The Kier molecular flexibility index (Phi) is 5.75. The van der Waals surface area contributed by atoms with Crippen molar-refractivity contribution in [3.8, 4) is 0 Å². The Morgan fingerprint density at radius 3 is 2.53 bits per heavy atom. The van der Waals surface area contributed by atoms with Crippen LogP contribution in [0.25, 0.3) is 0 Å². The Balaban J connectivity index is 2.99. The Bertz CT molecular complexity index is 491. The molecule has 104 valence electrons. The summed E-state index contributed by atoms with van der Waals surface area (Å²) < 4.78 is 4.80. The predicted molar refractivity (Wildman–Crippen MR) is 70.5 cm³/mol. The first-order valence-electron chi connectivity index (χ1n) is 5.88. The number of carbonyl (C=O) groups excluding carboxylic acids is 1. The maximum Gasteiger partial charge on any atom is 0.340 e. The lowest BCUT2D eigenvalue weighted by molar-refractivity contribution is -0.139. The van der Waals surface area contributed by atoms with Crippen LogP contribution in [0.15, 0.2) is 5.03 Å². The summed E-state index contributed by atoms with van der Waals surface area (Å²) in [6.07, 6.45) is 0.605. The number of nitrogens with zero attached hydrogens (tertiary/aromatic N) is 2. The Morgan fingerprint density at radius 1 is 1.32 bits per heavy atom. The lowest BCUT2D eigenvalue weighted by Gasteiger charge is -2.09. The van der Waals surface area contributed by atoms with Gasteiger partial charge in [-0.15, -0.1) is 0 Å². The minimum absolute atomic E-state index is 0.0354. The number of aromatic carboxylic acids is 1. The minimum atomic E-state index is -1.09. The zero-order valence-electron chi connectivity index (χ0n) is 11.1. The van der Waals surface area contributed by atoms with E-state index in [4.69, 9.17) is 9.84 Å². The van der Waals surface area contributed by atoms with Crippen molar-refractivity contribution in [1.29, 1.82) is 0 Å². The van der Waals surface area contributed by atoms with Crippen LogP contribution in [0, 0.1) is 6.92 Å². The van der Waals surface area contributed by atoms with E-state index in [0.717, 1.165) is 11.8 Å². The van der Waals surface area contributed by atoms with Crippen molar-refractivity contribution in [2.75, 3.05) is 12.4 Å². The summed E-state index contributed by atoms with van der Waals surface area (Å²) in [5.74, 6) is -0.883. The quantitative estimate of drug-likeness (QED) is 0.483. The topological polar surface area (TPSA) is 89.4 Å². The van der Waals surface area contributed by atoms with Crippen molar-refractivity contribution in [3.05, 3.63) is 17.1 Å². The van der Waals surface area contributed by atoms with Gasteiger partial charge in [-0.2, -0.15) is 0 Å². The molecule has 0 saturated heterocycles. The van der Waals surface area contributed by atoms with Gasteiger partial charge in [0.15, 0.2) is 0 Å². The third-order valence-corrected chi connectivity index (χ3v) is 3.21.